The van der Waals surface area contributed by atoms with E-state index in [1.807, 2.05) is 36.4 Å². The van der Waals surface area contributed by atoms with Crippen molar-refractivity contribution in [2.45, 2.75) is 66.7 Å². The Morgan fingerprint density at radius 2 is 1.46 bits per heavy atom. The van der Waals surface area contributed by atoms with Gasteiger partial charge < -0.3 is 0 Å². The number of hydrogen-bond donors (Lipinski definition) is 0. The molecule has 54 heavy (non-hydrogen) atoms. The maximum absolute atomic E-state index is 5.31. The van der Waals surface area contributed by atoms with Crippen LogP contribution in [0.4, 0.5) is 0 Å². The van der Waals surface area contributed by atoms with Crippen LogP contribution in [0, 0.1) is 52.4 Å². The van der Waals surface area contributed by atoms with Gasteiger partial charge in [0, 0.05) is 11.8 Å². The van der Waals surface area contributed by atoms with Crippen molar-refractivity contribution in [1.82, 2.24) is 0 Å². The quantitative estimate of drug-likeness (QED) is 0.112. The Morgan fingerprint density at radius 3 is 2.15 bits per heavy atom. The lowest BCUT2D eigenvalue weighted by Crippen LogP contribution is -2.15. The maximum atomic E-state index is 5.31. The summed E-state index contributed by atoms with van der Waals surface area (Å²) in [5.41, 5.74) is 15.9. The fraction of sp³-hybridized carbons (Fsp3) is 0.185. The highest BCUT2D eigenvalue weighted by Gasteiger charge is 2.34. The zero-order valence-corrected chi connectivity index (χ0v) is 33.2. The molecule has 0 atom stereocenters. The normalized spacial score (nSPS) is 13.2. The minimum atomic E-state index is 0.122. The van der Waals surface area contributed by atoms with Gasteiger partial charge in [-0.15, -0.1) is 18.8 Å². The van der Waals surface area contributed by atoms with Crippen molar-refractivity contribution in [3.63, 3.8) is 0 Å². The molecule has 0 saturated heterocycles. The molecule has 0 heterocycles. The van der Waals surface area contributed by atoms with Crippen molar-refractivity contribution in [3.8, 4) is 24.7 Å². The van der Waals surface area contributed by atoms with E-state index in [4.69, 9.17) is 12.8 Å². The van der Waals surface area contributed by atoms with E-state index in [0.717, 1.165) is 12.0 Å². The summed E-state index contributed by atoms with van der Waals surface area (Å²) in [6, 6.07) is 36.4. The molecular formula is C54H54. The predicted molar refractivity (Wildman–Crippen MR) is 239 cm³/mol. The second kappa shape index (κ2) is 19.7. The first-order valence-electron chi connectivity index (χ1n) is 18.7. The second-order valence-electron chi connectivity index (χ2n) is 14.3. The van der Waals surface area contributed by atoms with Crippen molar-refractivity contribution in [3.05, 3.63) is 208 Å². The molecule has 5 aromatic carbocycles. The van der Waals surface area contributed by atoms with Crippen LogP contribution in [0.1, 0.15) is 77.3 Å². The third kappa shape index (κ3) is 10.5. The summed E-state index contributed by atoms with van der Waals surface area (Å²) in [6.45, 7) is 19.1. The molecule has 0 N–H and O–H groups in total. The van der Waals surface area contributed by atoms with Crippen LogP contribution in [0.3, 0.4) is 0 Å². The fourth-order valence-corrected chi connectivity index (χ4v) is 6.62. The third-order valence-corrected chi connectivity index (χ3v) is 10.2. The Bertz CT molecular complexity index is 2300. The molecule has 0 radical (unpaired) electrons. The average Bonchev–Trinajstić information content (AvgIpc) is 3.36. The van der Waals surface area contributed by atoms with Gasteiger partial charge in [0.15, 0.2) is 0 Å². The van der Waals surface area contributed by atoms with E-state index in [9.17, 15) is 0 Å². The van der Waals surface area contributed by atoms with E-state index in [1.165, 1.54) is 72.0 Å². The smallest absolute Gasteiger partial charge is 0.0270 e. The van der Waals surface area contributed by atoms with Gasteiger partial charge in [0.1, 0.15) is 0 Å². The van der Waals surface area contributed by atoms with Crippen LogP contribution in [-0.4, -0.2) is 0 Å². The van der Waals surface area contributed by atoms with Crippen molar-refractivity contribution in [1.29, 1.82) is 0 Å². The van der Waals surface area contributed by atoms with Gasteiger partial charge in [0.05, 0.1) is 0 Å². The highest BCUT2D eigenvalue weighted by atomic mass is 14.4. The van der Waals surface area contributed by atoms with Gasteiger partial charge >= 0.3 is 0 Å². The molecule has 0 unspecified atom stereocenters. The predicted octanol–water partition coefficient (Wildman–Crippen LogP) is 14.1. The molecule has 0 aromatic heterocycles. The Hall–Kier alpha value is -6.08. The second-order valence-corrected chi connectivity index (χ2v) is 14.3. The number of aryl methyl sites for hydroxylation is 3. The number of terminal acetylenes is 2. The first-order chi connectivity index (χ1) is 26.0. The zero-order chi connectivity index (χ0) is 39.1. The van der Waals surface area contributed by atoms with Crippen molar-refractivity contribution in [2.75, 3.05) is 0 Å². The van der Waals surface area contributed by atoms with Gasteiger partial charge in [-0.05, 0) is 114 Å². The number of allylic oxidation sites excluding steroid dienone is 10. The van der Waals surface area contributed by atoms with E-state index in [0.29, 0.717) is 6.42 Å². The van der Waals surface area contributed by atoms with E-state index in [-0.39, 0.29) is 5.41 Å². The van der Waals surface area contributed by atoms with Crippen LogP contribution in [0.15, 0.2) is 158 Å². The average molecular weight is 703 g/mol. The SMILES string of the molecule is C#C/C=C\C(=C/Cc1ccc(C)cc1)c1ccccc1.C#CC/C=C\C1=C(C)C(C)(C)c2cc(C)ccc21.C=C/C=C\c1c(C)c(C)cc2ccccc12. The first-order valence-corrected chi connectivity index (χ1v) is 18.7. The molecule has 0 aliphatic heterocycles. The number of hydrogen-bond acceptors (Lipinski definition) is 0. The zero-order valence-electron chi connectivity index (χ0n) is 33.2. The van der Waals surface area contributed by atoms with Gasteiger partial charge in [-0.1, -0.05) is 183 Å². The Morgan fingerprint density at radius 1 is 0.778 bits per heavy atom. The number of benzene rings is 5. The highest BCUT2D eigenvalue weighted by molar-refractivity contribution is 5.93. The summed E-state index contributed by atoms with van der Waals surface area (Å²) in [6.07, 6.45) is 28.4. The lowest BCUT2D eigenvalue weighted by Gasteiger charge is -2.22. The standard InChI is InChI=1S/C20H18.C18H20.C16H16/c1-3-4-8-20(19-9-6-5-7-10-19)16-15-18-13-11-17(2)12-14-18;1-6-7-8-9-15-14(3)18(4,5)17-12-13(2)10-11-16(15)17;1-4-5-9-15-13(3)12(2)11-14-8-6-7-10-16(14)15/h1,4-14,16H,15H2,2H3;1,8-12H,7H2,2-5H3;4-11H,1H2,2-3H3/b8-4-,20-16+;9-8-;9-5-. The molecule has 0 saturated carbocycles. The molecule has 270 valence electrons. The molecule has 5 aromatic rings. The maximum Gasteiger partial charge on any atom is 0.0270 e. The molecule has 0 spiro atoms. The van der Waals surface area contributed by atoms with Gasteiger partial charge in [0.2, 0.25) is 0 Å². The highest BCUT2D eigenvalue weighted by Crippen LogP contribution is 2.46. The van der Waals surface area contributed by atoms with Crippen molar-refractivity contribution >= 4 is 28.0 Å². The van der Waals surface area contributed by atoms with Crippen molar-refractivity contribution in [2.24, 2.45) is 0 Å². The molecule has 0 nitrogen and oxygen atoms in total. The summed E-state index contributed by atoms with van der Waals surface area (Å²) >= 11 is 0. The van der Waals surface area contributed by atoms with Gasteiger partial charge in [-0.3, -0.25) is 0 Å². The lowest BCUT2D eigenvalue weighted by atomic mass is 9.81. The topological polar surface area (TPSA) is 0 Å². The van der Waals surface area contributed by atoms with Gasteiger partial charge in [0.25, 0.3) is 0 Å². The molecule has 0 heteroatoms. The monoisotopic (exact) mass is 702 g/mol. The molecule has 6 rings (SSSR count). The summed E-state index contributed by atoms with van der Waals surface area (Å²) in [7, 11) is 0. The Labute approximate surface area is 326 Å². The summed E-state index contributed by atoms with van der Waals surface area (Å²) in [4.78, 5) is 0. The van der Waals surface area contributed by atoms with Crippen LogP contribution in [-0.2, 0) is 11.8 Å². The van der Waals surface area contributed by atoms with Gasteiger partial charge in [-0.2, -0.15) is 0 Å². The molecule has 0 fully saturated rings. The van der Waals surface area contributed by atoms with Crippen molar-refractivity contribution < 1.29 is 0 Å². The molecular weight excluding hydrogens is 649 g/mol. The summed E-state index contributed by atoms with van der Waals surface area (Å²) in [5, 5.41) is 2.61. The minimum Gasteiger partial charge on any atom is -0.120 e. The molecule has 1 aliphatic carbocycles. The van der Waals surface area contributed by atoms with Crippen LogP contribution < -0.4 is 0 Å². The number of rotatable bonds is 8. The van der Waals surface area contributed by atoms with Crippen LogP contribution in [0.25, 0.3) is 28.0 Å². The van der Waals surface area contributed by atoms with E-state index < -0.39 is 0 Å². The number of fused-ring (bicyclic) bond motifs is 2. The third-order valence-electron chi connectivity index (χ3n) is 10.2. The first kappa shape index (κ1) is 40.7. The van der Waals surface area contributed by atoms with Crippen LogP contribution in [0.2, 0.25) is 0 Å². The molecule has 0 bridgehead atoms. The minimum absolute atomic E-state index is 0.122. The van der Waals surface area contributed by atoms with Gasteiger partial charge in [-0.25, -0.2) is 0 Å². The van der Waals surface area contributed by atoms with E-state index in [2.05, 4.69) is 176 Å². The summed E-state index contributed by atoms with van der Waals surface area (Å²) < 4.78 is 0. The largest absolute Gasteiger partial charge is 0.120 e. The van der Waals surface area contributed by atoms with E-state index in [1.54, 1.807) is 6.08 Å². The van der Waals surface area contributed by atoms with Crippen LogP contribution >= 0.6 is 0 Å². The molecule has 0 amide bonds. The van der Waals surface area contributed by atoms with E-state index >= 15 is 0 Å². The Kier molecular flexibility index (Phi) is 14.8. The molecule has 1 aliphatic rings. The van der Waals surface area contributed by atoms with Crippen LogP contribution in [0.5, 0.6) is 0 Å². The lowest BCUT2D eigenvalue weighted by molar-refractivity contribution is 0.638. The fourth-order valence-electron chi connectivity index (χ4n) is 6.62. The summed E-state index contributed by atoms with van der Waals surface area (Å²) in [5.74, 6) is 5.20. The Balaban J connectivity index is 0.000000182.